The first-order valence-electron chi connectivity index (χ1n) is 13.8. The number of rotatable bonds is 15. The van der Waals surface area contributed by atoms with E-state index in [4.69, 9.17) is 21.8 Å². The monoisotopic (exact) mass is 608 g/mol. The third-order valence-corrected chi connectivity index (χ3v) is 6.60. The molecule has 1 amide bonds. The predicted molar refractivity (Wildman–Crippen MR) is 161 cm³/mol. The average molecular weight is 609 g/mol. The molecule has 44 heavy (non-hydrogen) atoms. The van der Waals surface area contributed by atoms with Crippen LogP contribution in [0.1, 0.15) is 61.4 Å². The Morgan fingerprint density at radius 2 is 1.73 bits per heavy atom. The summed E-state index contributed by atoms with van der Waals surface area (Å²) in [6.07, 6.45) is -2.86. The van der Waals surface area contributed by atoms with Crippen LogP contribution in [0.15, 0.2) is 66.7 Å². The van der Waals surface area contributed by atoms with Crippen molar-refractivity contribution < 1.29 is 37.7 Å². The van der Waals surface area contributed by atoms with E-state index in [2.05, 4.69) is 15.5 Å². The van der Waals surface area contributed by atoms with Crippen molar-refractivity contribution in [3.05, 3.63) is 94.8 Å². The van der Waals surface area contributed by atoms with E-state index in [1.54, 1.807) is 62.4 Å². The summed E-state index contributed by atoms with van der Waals surface area (Å²) in [7, 11) is 0. The lowest BCUT2D eigenvalue weighted by molar-refractivity contribution is -0.143. The van der Waals surface area contributed by atoms with Gasteiger partial charge in [0.2, 0.25) is 5.91 Å². The van der Waals surface area contributed by atoms with Gasteiger partial charge in [0.15, 0.2) is 11.7 Å². The van der Waals surface area contributed by atoms with Gasteiger partial charge in [0.05, 0.1) is 19.6 Å². The van der Waals surface area contributed by atoms with Crippen molar-refractivity contribution in [3.63, 3.8) is 0 Å². The van der Waals surface area contributed by atoms with Gasteiger partial charge in [-0.15, -0.1) is 0 Å². The second-order valence-corrected chi connectivity index (χ2v) is 9.97. The zero-order chi connectivity index (χ0) is 32.2. The van der Waals surface area contributed by atoms with Gasteiger partial charge in [-0.1, -0.05) is 37.3 Å². The van der Waals surface area contributed by atoms with Crippen LogP contribution in [0.3, 0.4) is 0 Å². The zero-order valence-electron chi connectivity index (χ0n) is 24.3. The number of amides is 1. The fourth-order valence-electron chi connectivity index (χ4n) is 4.47. The van der Waals surface area contributed by atoms with Crippen LogP contribution in [0, 0.1) is 6.57 Å². The van der Waals surface area contributed by atoms with Gasteiger partial charge in [-0.05, 0) is 65.9 Å². The number of benzene rings is 3. The predicted octanol–water partition coefficient (Wildman–Crippen LogP) is 6.20. The molecule has 1 unspecified atom stereocenters. The molecule has 3 aromatic rings. The molecule has 0 saturated heterocycles. The van der Waals surface area contributed by atoms with Gasteiger partial charge >= 0.3 is 11.9 Å². The summed E-state index contributed by atoms with van der Waals surface area (Å²) >= 11 is 0. The fourth-order valence-corrected chi connectivity index (χ4v) is 4.47. The van der Waals surface area contributed by atoms with E-state index in [0.29, 0.717) is 33.8 Å². The van der Waals surface area contributed by atoms with Crippen molar-refractivity contribution in [2.45, 2.75) is 51.1 Å². The van der Waals surface area contributed by atoms with E-state index in [0.717, 1.165) is 0 Å². The Bertz CT molecular complexity index is 1490. The van der Waals surface area contributed by atoms with E-state index in [1.165, 1.54) is 18.2 Å². The number of carbonyl (C=O) groups is 3. The van der Waals surface area contributed by atoms with Gasteiger partial charge in [0.25, 0.3) is 6.43 Å². The molecule has 0 radical (unpaired) electrons. The van der Waals surface area contributed by atoms with Crippen molar-refractivity contribution in [2.75, 3.05) is 23.8 Å². The third kappa shape index (κ3) is 9.78. The van der Waals surface area contributed by atoms with E-state index in [9.17, 15) is 28.3 Å². The molecule has 0 bridgehead atoms. The van der Waals surface area contributed by atoms with Crippen molar-refractivity contribution in [2.24, 2.45) is 5.73 Å². The van der Waals surface area contributed by atoms with Crippen LogP contribution in [0.4, 0.5) is 25.8 Å². The molecule has 3 rings (SSSR count). The number of carbonyl (C=O) groups excluding carboxylic acids is 2. The molecule has 5 N–H and O–H groups in total. The minimum Gasteiger partial charge on any atom is -0.487 e. The molecule has 0 aliphatic heterocycles. The quantitative estimate of drug-likeness (QED) is 0.118. The summed E-state index contributed by atoms with van der Waals surface area (Å²) in [5.41, 5.74) is 8.73. The number of hydrogen-bond donors (Lipinski definition) is 4. The van der Waals surface area contributed by atoms with Crippen LogP contribution >= 0.6 is 0 Å². The Balaban J connectivity index is 1.81. The van der Waals surface area contributed by atoms with Crippen molar-refractivity contribution in [1.82, 2.24) is 0 Å². The molecular formula is C32H34F2N4O6. The lowest BCUT2D eigenvalue weighted by Gasteiger charge is -2.21. The molecule has 3 atom stereocenters. The van der Waals surface area contributed by atoms with Crippen LogP contribution in [-0.2, 0) is 19.1 Å². The molecule has 0 fully saturated rings. The summed E-state index contributed by atoms with van der Waals surface area (Å²) in [4.78, 5) is 40.4. The maximum atomic E-state index is 13.0. The maximum absolute atomic E-state index is 13.0. The van der Waals surface area contributed by atoms with Gasteiger partial charge < -0.3 is 30.9 Å². The summed E-state index contributed by atoms with van der Waals surface area (Å²) in [5, 5.41) is 15.7. The summed E-state index contributed by atoms with van der Waals surface area (Å²) < 4.78 is 36.2. The van der Waals surface area contributed by atoms with Gasteiger partial charge in [-0.2, -0.15) is 0 Å². The Labute approximate surface area is 254 Å². The number of nitrogens with one attached hydrogen (secondary N) is 2. The lowest BCUT2D eigenvalue weighted by atomic mass is 9.92. The maximum Gasteiger partial charge on any atom is 0.330 e. The Morgan fingerprint density at radius 3 is 2.36 bits per heavy atom. The number of ether oxygens (including phenoxy) is 2. The Kier molecular flexibility index (Phi) is 12.2. The van der Waals surface area contributed by atoms with E-state index < -0.39 is 48.9 Å². The molecule has 0 aliphatic rings. The number of halogens is 2. The molecular weight excluding hydrogens is 574 g/mol. The van der Waals surface area contributed by atoms with Gasteiger partial charge in [-0.25, -0.2) is 18.4 Å². The van der Waals surface area contributed by atoms with Crippen LogP contribution in [0.2, 0.25) is 0 Å². The number of anilines is 2. The number of nitrogens with zero attached hydrogens (tertiary/aromatic N) is 1. The number of carboxylic acid groups (broad SMARTS) is 1. The SMILES string of the molecule is [C-]#[N+]c1ccc(NC(C(=O)O)c2ccc(OCC(F)F)c([C@H](C)CC(=O)Nc3cccc([C@H](N)CC(=O)OCC)c3)c2)cc1. The van der Waals surface area contributed by atoms with Crippen LogP contribution in [0.25, 0.3) is 4.85 Å². The van der Waals surface area contributed by atoms with Gasteiger partial charge in [0, 0.05) is 23.8 Å². The second kappa shape index (κ2) is 16.0. The zero-order valence-corrected chi connectivity index (χ0v) is 24.3. The number of carboxylic acids is 1. The minimum atomic E-state index is -2.74. The third-order valence-electron chi connectivity index (χ3n) is 6.60. The topological polar surface area (TPSA) is 144 Å². The first kappa shape index (κ1) is 33.5. The largest absolute Gasteiger partial charge is 0.487 e. The molecule has 232 valence electrons. The highest BCUT2D eigenvalue weighted by Crippen LogP contribution is 2.34. The summed E-state index contributed by atoms with van der Waals surface area (Å²) in [6.45, 7) is 9.84. The number of hydrogen-bond acceptors (Lipinski definition) is 7. The minimum absolute atomic E-state index is 0.0293. The van der Waals surface area contributed by atoms with E-state index in [-0.39, 0.29) is 25.2 Å². The molecule has 0 saturated carbocycles. The molecule has 0 aromatic heterocycles. The smallest absolute Gasteiger partial charge is 0.330 e. The summed E-state index contributed by atoms with van der Waals surface area (Å²) in [5.74, 6) is -2.49. The summed E-state index contributed by atoms with van der Waals surface area (Å²) in [6, 6.07) is 15.5. The molecule has 3 aromatic carbocycles. The number of aliphatic carboxylic acids is 1. The van der Waals surface area contributed by atoms with Gasteiger partial charge in [-0.3, -0.25) is 9.59 Å². The van der Waals surface area contributed by atoms with Crippen molar-refractivity contribution in [1.29, 1.82) is 0 Å². The highest BCUT2D eigenvalue weighted by atomic mass is 19.3. The van der Waals surface area contributed by atoms with E-state index in [1.807, 2.05) is 0 Å². The normalized spacial score (nSPS) is 12.8. The molecule has 0 spiro atoms. The second-order valence-electron chi connectivity index (χ2n) is 9.97. The van der Waals surface area contributed by atoms with Crippen LogP contribution in [-0.4, -0.2) is 42.6 Å². The first-order chi connectivity index (χ1) is 21.0. The average Bonchev–Trinajstić information content (AvgIpc) is 2.99. The van der Waals surface area contributed by atoms with Gasteiger partial charge in [0.1, 0.15) is 12.4 Å². The highest BCUT2D eigenvalue weighted by Gasteiger charge is 2.24. The number of esters is 1. The van der Waals surface area contributed by atoms with Crippen molar-refractivity contribution in [3.8, 4) is 5.75 Å². The molecule has 10 nitrogen and oxygen atoms in total. The van der Waals surface area contributed by atoms with E-state index >= 15 is 0 Å². The molecule has 0 aliphatic carbocycles. The highest BCUT2D eigenvalue weighted by molar-refractivity contribution is 5.91. The Hall–Kier alpha value is -5.02. The standard InChI is InChI=1S/C32H34F2N4O6/c1-4-43-30(40)17-26(35)20-6-5-7-24(15-20)37-29(39)14-19(2)25-16-21(8-13-27(25)44-18-28(33)34)31(32(41)42)38-23-11-9-22(36-3)10-12-23/h5-13,15-16,19,26,28,31,38H,4,14,17-18,35H2,1-2H3,(H,37,39)(H,41,42)/t19-,26-,31?/m1/s1. The first-order valence-corrected chi connectivity index (χ1v) is 13.8. The molecule has 0 heterocycles. The fraction of sp³-hybridized carbons (Fsp3) is 0.312. The number of alkyl halides is 2. The number of nitrogens with two attached hydrogens (primary N) is 1. The lowest BCUT2D eigenvalue weighted by Crippen LogP contribution is -2.21. The van der Waals surface area contributed by atoms with Crippen LogP contribution in [0.5, 0.6) is 5.75 Å². The van der Waals surface area contributed by atoms with Crippen molar-refractivity contribution >= 4 is 34.9 Å². The van der Waals surface area contributed by atoms with Crippen LogP contribution < -0.4 is 21.1 Å². The molecule has 12 heteroatoms. The Morgan fingerprint density at radius 1 is 1.00 bits per heavy atom.